The monoisotopic (exact) mass is 1110 g/mol. The van der Waals surface area contributed by atoms with E-state index < -0.39 is 16.1 Å². The fourth-order valence-corrected chi connectivity index (χ4v) is 24.4. The Morgan fingerprint density at radius 3 is 1.12 bits per heavy atom. The molecule has 0 bridgehead atoms. The average molecular weight is 1110 g/mol. The number of anilines is 6. The van der Waals surface area contributed by atoms with Crippen molar-refractivity contribution in [3.63, 3.8) is 0 Å². The zero-order valence-electron chi connectivity index (χ0n) is 45.5. The first kappa shape index (κ1) is 48.0. The third-order valence-electron chi connectivity index (χ3n) is 17.6. The van der Waals surface area contributed by atoms with Crippen molar-refractivity contribution in [3.05, 3.63) is 303 Å². The summed E-state index contributed by atoms with van der Waals surface area (Å²) in [6.07, 6.45) is 0. The maximum absolute atomic E-state index is 6.77. The molecule has 17 rings (SSSR count). The molecule has 9 heteroatoms. The Morgan fingerprint density at radius 1 is 0.286 bits per heavy atom. The van der Waals surface area contributed by atoms with Gasteiger partial charge in [-0.05, 0) is 114 Å². The Labute approximate surface area is 487 Å². The van der Waals surface area contributed by atoms with Crippen molar-refractivity contribution in [2.75, 3.05) is 9.80 Å². The van der Waals surface area contributed by atoms with Crippen LogP contribution in [0.3, 0.4) is 0 Å². The number of benzene rings is 12. The maximum Gasteiger partial charge on any atom is 0.240 e. The first-order chi connectivity index (χ1) is 41.7. The van der Waals surface area contributed by atoms with E-state index in [1.807, 2.05) is 0 Å². The molecule has 0 radical (unpaired) electrons. The van der Waals surface area contributed by atoms with Gasteiger partial charge >= 0.3 is 0 Å². The van der Waals surface area contributed by atoms with Gasteiger partial charge in [0.1, 0.15) is 11.2 Å². The van der Waals surface area contributed by atoms with E-state index in [4.69, 9.17) is 19.4 Å². The number of fused-ring (bicyclic) bond motifs is 10. The van der Waals surface area contributed by atoms with Gasteiger partial charge in [0.25, 0.3) is 0 Å². The van der Waals surface area contributed by atoms with Crippen molar-refractivity contribution in [2.45, 2.75) is 0 Å². The number of para-hydroxylation sites is 6. The van der Waals surface area contributed by atoms with Crippen LogP contribution in [0.5, 0.6) is 0 Å². The van der Waals surface area contributed by atoms with Gasteiger partial charge in [0.05, 0.1) is 11.0 Å². The lowest BCUT2D eigenvalue weighted by atomic mass is 10.1. The topological polar surface area (TPSA) is 63.2 Å². The van der Waals surface area contributed by atoms with E-state index in [0.717, 1.165) is 66.4 Å². The zero-order chi connectivity index (χ0) is 55.3. The molecule has 0 amide bonds. The van der Waals surface area contributed by atoms with Crippen LogP contribution in [0.2, 0.25) is 0 Å². The Bertz CT molecular complexity index is 4840. The lowest BCUT2D eigenvalue weighted by Gasteiger charge is -2.45. The van der Waals surface area contributed by atoms with Gasteiger partial charge in [-0.3, -0.25) is 9.47 Å². The van der Waals surface area contributed by atoms with Crippen LogP contribution in [0.15, 0.2) is 308 Å². The number of aromatic nitrogens is 4. The highest BCUT2D eigenvalue weighted by Crippen LogP contribution is 2.43. The minimum absolute atomic E-state index is 0.521. The van der Waals surface area contributed by atoms with E-state index in [-0.39, 0.29) is 0 Å². The molecule has 0 spiro atoms. The number of rotatable bonds is 8. The SMILES string of the molecule is c1ccc([Si]2(c3ccccc3)c3ccccc3N(c3ccc4oc5ccc(-c6nc(N7c8ccccc8[Si](c8ccccc8)(c8ccccc8)c8ccccc87)nc(-n7c8ccccc8c8ccccc87)n6)cc5c4c3)c3ccccc32)cc1. The summed E-state index contributed by atoms with van der Waals surface area (Å²) in [6, 6.07) is 111. The molecule has 0 aliphatic carbocycles. The van der Waals surface area contributed by atoms with Crippen molar-refractivity contribution in [1.29, 1.82) is 0 Å². The van der Waals surface area contributed by atoms with E-state index in [1.165, 1.54) is 52.9 Å². The van der Waals surface area contributed by atoms with E-state index in [9.17, 15) is 0 Å². The highest BCUT2D eigenvalue weighted by molar-refractivity contribution is 7.22. The molecule has 0 saturated carbocycles. The largest absolute Gasteiger partial charge is 0.456 e. The predicted octanol–water partition coefficient (Wildman–Crippen LogP) is 12.9. The molecular formula is C75H50N6OSi2. The standard InChI is InChI=1S/C75H50N6OSi2/c1-5-25-53(26-6-1)83(54-27-7-2-8-28-54)69-41-21-17-37-63(69)79(64-38-18-22-42-70(64)83)52-46-48-68-60(50-52)59-49-51(45-47-67(59)82-68)73-76-74(80-61-35-15-13-33-57(61)58-34-14-16-36-62(58)80)78-75(77-73)81-65-39-19-23-43-71(65)84(55-29-9-3-10-30-55,56-31-11-4-12-32-56)72-44-24-20-40-66(72)81/h1-50H. The molecule has 0 N–H and O–H groups in total. The number of hydrogen-bond donors (Lipinski definition) is 0. The quantitative estimate of drug-likeness (QED) is 0.141. The normalized spacial score (nSPS) is 13.9. The predicted molar refractivity (Wildman–Crippen MR) is 351 cm³/mol. The molecule has 15 aromatic rings. The summed E-state index contributed by atoms with van der Waals surface area (Å²) < 4.78 is 8.97. The molecule has 7 nitrogen and oxygen atoms in total. The van der Waals surface area contributed by atoms with E-state index in [2.05, 4.69) is 318 Å². The Kier molecular flexibility index (Phi) is 10.8. The van der Waals surface area contributed by atoms with Gasteiger partial charge < -0.3 is 9.32 Å². The van der Waals surface area contributed by atoms with Gasteiger partial charge in [-0.2, -0.15) is 15.0 Å². The van der Waals surface area contributed by atoms with Crippen LogP contribution < -0.4 is 51.3 Å². The smallest absolute Gasteiger partial charge is 0.240 e. The molecule has 0 atom stereocenters. The Balaban J connectivity index is 0.880. The Hall–Kier alpha value is -10.7. The van der Waals surface area contributed by atoms with E-state index >= 15 is 0 Å². The highest BCUT2D eigenvalue weighted by Gasteiger charge is 2.50. The van der Waals surface area contributed by atoms with Crippen LogP contribution in [0.1, 0.15) is 0 Å². The summed E-state index contributed by atoms with van der Waals surface area (Å²) in [7, 11) is -5.76. The molecule has 394 valence electrons. The van der Waals surface area contributed by atoms with Crippen LogP contribution >= 0.6 is 0 Å². The number of furan rings is 1. The van der Waals surface area contributed by atoms with Crippen molar-refractivity contribution < 1.29 is 4.42 Å². The fourth-order valence-electron chi connectivity index (χ4n) is 14.2. The lowest BCUT2D eigenvalue weighted by molar-refractivity contribution is 0.669. The van der Waals surface area contributed by atoms with Gasteiger partial charge in [0.15, 0.2) is 22.0 Å². The van der Waals surface area contributed by atoms with Crippen molar-refractivity contribution >= 4 is 136 Å². The fraction of sp³-hybridized carbons (Fsp3) is 0. The molecule has 0 unspecified atom stereocenters. The second kappa shape index (κ2) is 18.9. The summed E-state index contributed by atoms with van der Waals surface area (Å²) in [5, 5.41) is 14.8. The molecule has 0 saturated heterocycles. The molecule has 0 fully saturated rings. The molecule has 12 aromatic carbocycles. The first-order valence-electron chi connectivity index (χ1n) is 28.6. The van der Waals surface area contributed by atoms with Crippen molar-refractivity contribution in [1.82, 2.24) is 19.5 Å². The van der Waals surface area contributed by atoms with Crippen LogP contribution in [-0.2, 0) is 0 Å². The van der Waals surface area contributed by atoms with Crippen LogP contribution in [0, 0.1) is 0 Å². The minimum atomic E-state index is -2.94. The number of hydrogen-bond acceptors (Lipinski definition) is 6. The third kappa shape index (κ3) is 6.94. The number of nitrogens with zero attached hydrogens (tertiary/aromatic N) is 6. The molecule has 5 heterocycles. The third-order valence-corrected chi connectivity index (χ3v) is 27.3. The van der Waals surface area contributed by atoms with E-state index in [1.54, 1.807) is 0 Å². The first-order valence-corrected chi connectivity index (χ1v) is 32.6. The van der Waals surface area contributed by atoms with Crippen LogP contribution in [0.4, 0.5) is 34.4 Å². The maximum atomic E-state index is 6.77. The highest BCUT2D eigenvalue weighted by atomic mass is 28.3. The summed E-state index contributed by atoms with van der Waals surface area (Å²) in [4.78, 5) is 21.5. The molecule has 2 aliphatic rings. The zero-order valence-corrected chi connectivity index (χ0v) is 47.5. The Morgan fingerprint density at radius 2 is 0.655 bits per heavy atom. The molecule has 84 heavy (non-hydrogen) atoms. The summed E-state index contributed by atoms with van der Waals surface area (Å²) >= 11 is 0. The average Bonchev–Trinajstić information content (AvgIpc) is 1.60. The summed E-state index contributed by atoms with van der Waals surface area (Å²) in [6.45, 7) is 0. The van der Waals surface area contributed by atoms with Crippen molar-refractivity contribution in [3.8, 4) is 17.3 Å². The second-order valence-electron chi connectivity index (χ2n) is 21.8. The second-order valence-corrected chi connectivity index (χ2v) is 29.3. The van der Waals surface area contributed by atoms with Gasteiger partial charge in [-0.1, -0.05) is 231 Å². The van der Waals surface area contributed by atoms with Gasteiger partial charge in [0, 0.05) is 55.5 Å². The summed E-state index contributed by atoms with van der Waals surface area (Å²) in [5.41, 5.74) is 9.92. The van der Waals surface area contributed by atoms with Crippen LogP contribution in [-0.4, -0.2) is 35.7 Å². The van der Waals surface area contributed by atoms with Gasteiger partial charge in [0.2, 0.25) is 11.9 Å². The lowest BCUT2D eigenvalue weighted by Crippen LogP contribution is -2.77. The van der Waals surface area contributed by atoms with Gasteiger partial charge in [-0.25, -0.2) is 0 Å². The molecule has 3 aromatic heterocycles. The van der Waals surface area contributed by atoms with Crippen LogP contribution in [0.25, 0.3) is 61.1 Å². The van der Waals surface area contributed by atoms with Crippen molar-refractivity contribution in [2.24, 2.45) is 0 Å². The molecular weight excluding hydrogens is 1060 g/mol. The van der Waals surface area contributed by atoms with E-state index in [0.29, 0.717) is 17.7 Å². The molecule has 2 aliphatic heterocycles. The summed E-state index contributed by atoms with van der Waals surface area (Å²) in [5.74, 6) is 1.59. The van der Waals surface area contributed by atoms with Gasteiger partial charge in [-0.15, -0.1) is 0 Å². The minimum Gasteiger partial charge on any atom is -0.456 e.